The first-order chi connectivity index (χ1) is 8.29. The molecule has 2 aromatic rings. The molecule has 2 nitrogen and oxygen atoms in total. The van der Waals surface area contributed by atoms with Gasteiger partial charge in [0.15, 0.2) is 0 Å². The second kappa shape index (κ2) is 5.62. The molecule has 0 radical (unpaired) electrons. The van der Waals surface area contributed by atoms with Gasteiger partial charge < -0.3 is 0 Å². The number of nitrogens with zero attached hydrogens (tertiary/aromatic N) is 1. The van der Waals surface area contributed by atoms with Crippen LogP contribution in [0.3, 0.4) is 0 Å². The number of thiazole rings is 1. The van der Waals surface area contributed by atoms with E-state index in [-0.39, 0.29) is 6.04 Å². The third-order valence-electron chi connectivity index (χ3n) is 2.47. The van der Waals surface area contributed by atoms with Crippen LogP contribution >= 0.6 is 11.3 Å². The summed E-state index contributed by atoms with van der Waals surface area (Å²) < 4.78 is 0. The van der Waals surface area contributed by atoms with Crippen molar-refractivity contribution in [2.75, 3.05) is 0 Å². The van der Waals surface area contributed by atoms with E-state index < -0.39 is 0 Å². The lowest BCUT2D eigenvalue weighted by atomic mass is 10.1. The number of aromatic nitrogens is 1. The van der Waals surface area contributed by atoms with Crippen LogP contribution in [0.25, 0.3) is 10.6 Å². The van der Waals surface area contributed by atoms with Crippen molar-refractivity contribution in [2.45, 2.75) is 19.5 Å². The lowest BCUT2D eigenvalue weighted by Crippen LogP contribution is -2.23. The van der Waals surface area contributed by atoms with Crippen molar-refractivity contribution in [3.63, 3.8) is 0 Å². The molecule has 17 heavy (non-hydrogen) atoms. The lowest BCUT2D eigenvalue weighted by Gasteiger charge is -2.08. The Bertz CT molecular complexity index is 511. The van der Waals surface area contributed by atoms with E-state index in [4.69, 9.17) is 6.42 Å². The summed E-state index contributed by atoms with van der Waals surface area (Å²) in [6.07, 6.45) is 7.15. The summed E-state index contributed by atoms with van der Waals surface area (Å²) in [4.78, 5) is 4.30. The Morgan fingerprint density at radius 3 is 3.12 bits per heavy atom. The van der Waals surface area contributed by atoms with Crippen molar-refractivity contribution in [3.8, 4) is 22.9 Å². The van der Waals surface area contributed by atoms with Gasteiger partial charge in [0.2, 0.25) is 0 Å². The minimum atomic E-state index is 0.0959. The second-order valence-electron chi connectivity index (χ2n) is 3.81. The molecule has 1 aromatic heterocycles. The molecular weight excluding hydrogens is 228 g/mol. The predicted molar refractivity (Wildman–Crippen MR) is 72.7 cm³/mol. The average Bonchev–Trinajstić information content (AvgIpc) is 2.90. The number of rotatable bonds is 4. The van der Waals surface area contributed by atoms with Gasteiger partial charge in [0.05, 0.1) is 6.04 Å². The smallest absolute Gasteiger partial charge is 0.123 e. The van der Waals surface area contributed by atoms with E-state index in [1.807, 2.05) is 24.6 Å². The Balaban J connectivity index is 2.10. The van der Waals surface area contributed by atoms with E-state index in [1.54, 1.807) is 11.3 Å². The SMILES string of the molecule is C#CC(C)NCc1cccc(-c2nccs2)c1. The van der Waals surface area contributed by atoms with Crippen LogP contribution in [0, 0.1) is 12.3 Å². The van der Waals surface area contributed by atoms with Crippen molar-refractivity contribution in [3.05, 3.63) is 41.4 Å². The van der Waals surface area contributed by atoms with E-state index in [2.05, 4.69) is 34.4 Å². The average molecular weight is 242 g/mol. The van der Waals surface area contributed by atoms with E-state index in [0.717, 1.165) is 17.1 Å². The third kappa shape index (κ3) is 3.16. The van der Waals surface area contributed by atoms with Gasteiger partial charge in [-0.1, -0.05) is 24.1 Å². The van der Waals surface area contributed by atoms with Crippen LogP contribution < -0.4 is 5.32 Å². The number of hydrogen-bond acceptors (Lipinski definition) is 3. The van der Waals surface area contributed by atoms with Gasteiger partial charge in [-0.25, -0.2) is 4.98 Å². The Morgan fingerprint density at radius 1 is 1.53 bits per heavy atom. The number of nitrogens with one attached hydrogen (secondary N) is 1. The molecular formula is C14H14N2S. The fourth-order valence-corrected chi connectivity index (χ4v) is 2.15. The highest BCUT2D eigenvalue weighted by molar-refractivity contribution is 7.13. The zero-order valence-electron chi connectivity index (χ0n) is 9.68. The molecule has 3 heteroatoms. The number of hydrogen-bond donors (Lipinski definition) is 1. The maximum Gasteiger partial charge on any atom is 0.123 e. The molecule has 0 saturated carbocycles. The molecule has 0 fully saturated rings. The fraction of sp³-hybridized carbons (Fsp3) is 0.214. The van der Waals surface area contributed by atoms with Gasteiger partial charge in [-0.3, -0.25) is 5.32 Å². The zero-order chi connectivity index (χ0) is 12.1. The third-order valence-corrected chi connectivity index (χ3v) is 3.29. The van der Waals surface area contributed by atoms with Crippen molar-refractivity contribution >= 4 is 11.3 Å². The van der Waals surface area contributed by atoms with Crippen molar-refractivity contribution < 1.29 is 0 Å². The van der Waals surface area contributed by atoms with E-state index in [9.17, 15) is 0 Å². The normalized spacial score (nSPS) is 12.0. The molecule has 0 aliphatic heterocycles. The molecule has 0 aliphatic rings. The summed E-state index contributed by atoms with van der Waals surface area (Å²) in [5.74, 6) is 2.66. The van der Waals surface area contributed by atoms with E-state index in [1.165, 1.54) is 5.56 Å². The van der Waals surface area contributed by atoms with Crippen LogP contribution in [-0.2, 0) is 6.54 Å². The molecule has 0 saturated heterocycles. The minimum Gasteiger partial charge on any atom is -0.300 e. The maximum absolute atomic E-state index is 5.32. The van der Waals surface area contributed by atoms with Crippen LogP contribution in [-0.4, -0.2) is 11.0 Å². The highest BCUT2D eigenvalue weighted by atomic mass is 32.1. The minimum absolute atomic E-state index is 0.0959. The van der Waals surface area contributed by atoms with Gasteiger partial charge in [0.25, 0.3) is 0 Å². The first kappa shape index (κ1) is 11.8. The number of terminal acetylenes is 1. The Morgan fingerprint density at radius 2 is 2.41 bits per heavy atom. The summed E-state index contributed by atoms with van der Waals surface area (Å²) in [6.45, 7) is 2.76. The van der Waals surface area contributed by atoms with Crippen molar-refractivity contribution in [1.82, 2.24) is 10.3 Å². The quantitative estimate of drug-likeness (QED) is 0.834. The first-order valence-electron chi connectivity index (χ1n) is 5.48. The molecule has 0 bridgehead atoms. The van der Waals surface area contributed by atoms with Gasteiger partial charge in [-0.2, -0.15) is 0 Å². The predicted octanol–water partition coefficient (Wildman–Crippen LogP) is 2.92. The monoisotopic (exact) mass is 242 g/mol. The molecule has 0 amide bonds. The highest BCUT2D eigenvalue weighted by Gasteiger charge is 2.02. The van der Waals surface area contributed by atoms with Crippen LogP contribution in [0.1, 0.15) is 12.5 Å². The van der Waals surface area contributed by atoms with Crippen molar-refractivity contribution in [1.29, 1.82) is 0 Å². The lowest BCUT2D eigenvalue weighted by molar-refractivity contribution is 0.648. The van der Waals surface area contributed by atoms with Gasteiger partial charge in [0, 0.05) is 23.7 Å². The van der Waals surface area contributed by atoms with Gasteiger partial charge >= 0.3 is 0 Å². The molecule has 1 N–H and O–H groups in total. The number of benzene rings is 1. The van der Waals surface area contributed by atoms with E-state index >= 15 is 0 Å². The first-order valence-corrected chi connectivity index (χ1v) is 6.36. The summed E-state index contributed by atoms with van der Waals surface area (Å²) in [6, 6.07) is 8.46. The molecule has 1 heterocycles. The molecule has 0 aliphatic carbocycles. The Hall–Kier alpha value is -1.63. The van der Waals surface area contributed by atoms with Gasteiger partial charge in [-0.05, 0) is 18.6 Å². The standard InChI is InChI=1S/C14H14N2S/c1-3-11(2)16-10-12-5-4-6-13(9-12)14-15-7-8-17-14/h1,4-9,11,16H,10H2,2H3. The summed E-state index contributed by atoms with van der Waals surface area (Å²) >= 11 is 1.65. The van der Waals surface area contributed by atoms with Crippen molar-refractivity contribution in [2.24, 2.45) is 0 Å². The largest absolute Gasteiger partial charge is 0.300 e. The molecule has 1 aromatic carbocycles. The van der Waals surface area contributed by atoms with E-state index in [0.29, 0.717) is 0 Å². The van der Waals surface area contributed by atoms with Gasteiger partial charge in [-0.15, -0.1) is 17.8 Å². The zero-order valence-corrected chi connectivity index (χ0v) is 10.5. The van der Waals surface area contributed by atoms with Crippen LogP contribution in [0.2, 0.25) is 0 Å². The summed E-state index contributed by atoms with van der Waals surface area (Å²) in [7, 11) is 0. The maximum atomic E-state index is 5.32. The molecule has 1 atom stereocenters. The topological polar surface area (TPSA) is 24.9 Å². The molecule has 2 rings (SSSR count). The molecule has 86 valence electrons. The van der Waals surface area contributed by atoms with Crippen LogP contribution in [0.4, 0.5) is 0 Å². The van der Waals surface area contributed by atoms with Crippen LogP contribution in [0.15, 0.2) is 35.8 Å². The Labute approximate surface area is 106 Å². The molecule has 0 spiro atoms. The Kier molecular flexibility index (Phi) is 3.92. The summed E-state index contributed by atoms with van der Waals surface area (Å²) in [5.41, 5.74) is 2.38. The van der Waals surface area contributed by atoms with Gasteiger partial charge in [0.1, 0.15) is 5.01 Å². The van der Waals surface area contributed by atoms with Crippen LogP contribution in [0.5, 0.6) is 0 Å². The highest BCUT2D eigenvalue weighted by Crippen LogP contribution is 2.22. The summed E-state index contributed by atoms with van der Waals surface area (Å²) in [5, 5.41) is 6.31. The second-order valence-corrected chi connectivity index (χ2v) is 4.70. The molecule has 1 unspecified atom stereocenters. The fourth-order valence-electron chi connectivity index (χ4n) is 1.51.